The Morgan fingerprint density at radius 1 is 1.26 bits per heavy atom. The van der Waals surface area contributed by atoms with Crippen molar-refractivity contribution in [2.24, 2.45) is 11.8 Å². The summed E-state index contributed by atoms with van der Waals surface area (Å²) < 4.78 is 5.21. The van der Waals surface area contributed by atoms with Gasteiger partial charge in [0.1, 0.15) is 0 Å². The molecule has 1 N–H and O–H groups in total. The first-order chi connectivity index (χ1) is 9.11. The topological polar surface area (TPSA) is 21.3 Å². The van der Waals surface area contributed by atoms with Crippen LogP contribution in [0.25, 0.3) is 0 Å². The van der Waals surface area contributed by atoms with E-state index in [0.717, 1.165) is 37.6 Å². The molecule has 0 aromatic heterocycles. The van der Waals surface area contributed by atoms with Gasteiger partial charge in [-0.1, -0.05) is 37.6 Å². The molecule has 0 fully saturated rings. The zero-order chi connectivity index (χ0) is 14.1. The van der Waals surface area contributed by atoms with E-state index in [1.54, 1.807) is 7.11 Å². The van der Waals surface area contributed by atoms with E-state index in [9.17, 15) is 0 Å². The van der Waals surface area contributed by atoms with E-state index in [1.807, 2.05) is 12.1 Å². The maximum atomic E-state index is 6.04. The maximum absolute atomic E-state index is 6.04. The summed E-state index contributed by atoms with van der Waals surface area (Å²) in [4.78, 5) is 0. The lowest BCUT2D eigenvalue weighted by Crippen LogP contribution is -2.28. The monoisotopic (exact) mass is 283 g/mol. The van der Waals surface area contributed by atoms with Gasteiger partial charge in [-0.05, 0) is 55.5 Å². The first kappa shape index (κ1) is 16.5. The quantitative estimate of drug-likeness (QED) is 0.745. The largest absolute Gasteiger partial charge is 0.385 e. The van der Waals surface area contributed by atoms with Gasteiger partial charge in [-0.25, -0.2) is 0 Å². The fraction of sp³-hybridized carbons (Fsp3) is 0.625. The Labute approximate surface area is 122 Å². The lowest BCUT2D eigenvalue weighted by atomic mass is 9.96. The molecule has 3 heteroatoms. The molecule has 1 aromatic carbocycles. The van der Waals surface area contributed by atoms with Crippen molar-refractivity contribution in [3.8, 4) is 0 Å². The molecule has 0 radical (unpaired) electrons. The van der Waals surface area contributed by atoms with Crippen LogP contribution < -0.4 is 5.32 Å². The van der Waals surface area contributed by atoms with Gasteiger partial charge in [0.2, 0.25) is 0 Å². The van der Waals surface area contributed by atoms with Crippen LogP contribution >= 0.6 is 11.6 Å². The van der Waals surface area contributed by atoms with E-state index in [4.69, 9.17) is 16.3 Å². The van der Waals surface area contributed by atoms with Gasteiger partial charge in [0.05, 0.1) is 0 Å². The van der Waals surface area contributed by atoms with Crippen molar-refractivity contribution in [2.45, 2.75) is 26.7 Å². The SMILES string of the molecule is COCCC(CNCC(C)C)Cc1cccc(Cl)c1. The first-order valence-electron chi connectivity index (χ1n) is 7.06. The van der Waals surface area contributed by atoms with Gasteiger partial charge in [0, 0.05) is 18.7 Å². The highest BCUT2D eigenvalue weighted by atomic mass is 35.5. The molecule has 0 aliphatic rings. The van der Waals surface area contributed by atoms with Gasteiger partial charge < -0.3 is 10.1 Å². The summed E-state index contributed by atoms with van der Waals surface area (Å²) in [5.41, 5.74) is 1.31. The molecule has 1 aromatic rings. The number of hydrogen-bond acceptors (Lipinski definition) is 2. The van der Waals surface area contributed by atoms with Crippen molar-refractivity contribution in [3.63, 3.8) is 0 Å². The summed E-state index contributed by atoms with van der Waals surface area (Å²) in [6.07, 6.45) is 2.13. The minimum Gasteiger partial charge on any atom is -0.385 e. The zero-order valence-electron chi connectivity index (χ0n) is 12.3. The second-order valence-corrected chi connectivity index (χ2v) is 5.97. The van der Waals surface area contributed by atoms with Gasteiger partial charge in [0.25, 0.3) is 0 Å². The molecule has 0 saturated heterocycles. The number of nitrogens with one attached hydrogen (secondary N) is 1. The van der Waals surface area contributed by atoms with Crippen LogP contribution in [0, 0.1) is 11.8 Å². The molecule has 1 unspecified atom stereocenters. The highest BCUT2D eigenvalue weighted by molar-refractivity contribution is 6.30. The lowest BCUT2D eigenvalue weighted by Gasteiger charge is -2.18. The Morgan fingerprint density at radius 2 is 2.05 bits per heavy atom. The van der Waals surface area contributed by atoms with Gasteiger partial charge in [-0.3, -0.25) is 0 Å². The van der Waals surface area contributed by atoms with Gasteiger partial charge in [0.15, 0.2) is 0 Å². The van der Waals surface area contributed by atoms with Crippen molar-refractivity contribution in [2.75, 3.05) is 26.8 Å². The third-order valence-corrected chi connectivity index (χ3v) is 3.36. The average Bonchev–Trinajstić information content (AvgIpc) is 2.35. The Kier molecular flexibility index (Phi) is 8.11. The number of methoxy groups -OCH3 is 1. The highest BCUT2D eigenvalue weighted by Crippen LogP contribution is 2.16. The predicted octanol–water partition coefficient (Wildman–Crippen LogP) is 3.78. The molecule has 1 atom stereocenters. The van der Waals surface area contributed by atoms with Gasteiger partial charge in [-0.2, -0.15) is 0 Å². The van der Waals surface area contributed by atoms with Crippen LogP contribution in [0.2, 0.25) is 5.02 Å². The van der Waals surface area contributed by atoms with Gasteiger partial charge in [-0.15, -0.1) is 0 Å². The van der Waals surface area contributed by atoms with Crippen LogP contribution in [0.1, 0.15) is 25.8 Å². The Morgan fingerprint density at radius 3 is 2.68 bits per heavy atom. The standard InChI is InChI=1S/C16H26ClNO/c1-13(2)11-18-12-15(7-8-19-3)9-14-5-4-6-16(17)10-14/h4-6,10,13,15,18H,7-9,11-12H2,1-3H3. The molecule has 1 rings (SSSR count). The summed E-state index contributed by atoms with van der Waals surface area (Å²) in [5, 5.41) is 4.36. The molecular formula is C16H26ClNO. The number of halogens is 1. The van der Waals surface area contributed by atoms with Gasteiger partial charge >= 0.3 is 0 Å². The molecule has 2 nitrogen and oxygen atoms in total. The molecule has 0 aliphatic heterocycles. The predicted molar refractivity (Wildman–Crippen MR) is 82.8 cm³/mol. The summed E-state index contributed by atoms with van der Waals surface area (Å²) in [7, 11) is 1.76. The number of benzene rings is 1. The van der Waals surface area contributed by atoms with E-state index < -0.39 is 0 Å². The molecule has 0 saturated carbocycles. The van der Waals surface area contributed by atoms with E-state index >= 15 is 0 Å². The minimum absolute atomic E-state index is 0.595. The smallest absolute Gasteiger partial charge is 0.0465 e. The number of hydrogen-bond donors (Lipinski definition) is 1. The Balaban J connectivity index is 2.48. The first-order valence-corrected chi connectivity index (χ1v) is 7.43. The van der Waals surface area contributed by atoms with Crippen molar-refractivity contribution >= 4 is 11.6 Å². The van der Waals surface area contributed by atoms with Crippen LogP contribution in [0.3, 0.4) is 0 Å². The van der Waals surface area contributed by atoms with Crippen molar-refractivity contribution in [1.82, 2.24) is 5.32 Å². The van der Waals surface area contributed by atoms with Crippen molar-refractivity contribution in [3.05, 3.63) is 34.9 Å². The van der Waals surface area contributed by atoms with Crippen LogP contribution in [-0.4, -0.2) is 26.8 Å². The highest BCUT2D eigenvalue weighted by Gasteiger charge is 2.10. The van der Waals surface area contributed by atoms with E-state index in [0.29, 0.717) is 11.8 Å². The summed E-state index contributed by atoms with van der Waals surface area (Å²) in [6, 6.07) is 8.15. The fourth-order valence-corrected chi connectivity index (χ4v) is 2.35. The molecule has 0 bridgehead atoms. The Bertz CT molecular complexity index is 354. The molecule has 19 heavy (non-hydrogen) atoms. The Hall–Kier alpha value is -0.570. The van der Waals surface area contributed by atoms with Crippen molar-refractivity contribution in [1.29, 1.82) is 0 Å². The average molecular weight is 284 g/mol. The summed E-state index contributed by atoms with van der Waals surface area (Å²) in [5.74, 6) is 1.28. The minimum atomic E-state index is 0.595. The number of rotatable bonds is 9. The maximum Gasteiger partial charge on any atom is 0.0465 e. The summed E-state index contributed by atoms with van der Waals surface area (Å²) in [6.45, 7) is 7.38. The van der Waals surface area contributed by atoms with Crippen LogP contribution in [0.4, 0.5) is 0 Å². The molecule has 0 spiro atoms. The van der Waals surface area contributed by atoms with E-state index in [2.05, 4.69) is 31.3 Å². The molecule has 108 valence electrons. The molecule has 0 aliphatic carbocycles. The normalized spacial score (nSPS) is 12.9. The van der Waals surface area contributed by atoms with Crippen LogP contribution in [0.15, 0.2) is 24.3 Å². The summed E-state index contributed by atoms with van der Waals surface area (Å²) >= 11 is 6.04. The third kappa shape index (κ3) is 7.56. The fourth-order valence-electron chi connectivity index (χ4n) is 2.13. The van der Waals surface area contributed by atoms with Crippen molar-refractivity contribution < 1.29 is 4.74 Å². The third-order valence-electron chi connectivity index (χ3n) is 3.13. The lowest BCUT2D eigenvalue weighted by molar-refractivity contribution is 0.176. The molecule has 0 amide bonds. The van der Waals surface area contributed by atoms with E-state index in [-0.39, 0.29) is 0 Å². The zero-order valence-corrected chi connectivity index (χ0v) is 13.0. The molecular weight excluding hydrogens is 258 g/mol. The van der Waals surface area contributed by atoms with E-state index in [1.165, 1.54) is 5.56 Å². The van der Waals surface area contributed by atoms with Crippen LogP contribution in [0.5, 0.6) is 0 Å². The number of ether oxygens (including phenoxy) is 1. The molecule has 0 heterocycles. The second kappa shape index (κ2) is 9.35. The second-order valence-electron chi connectivity index (χ2n) is 5.53. The van der Waals surface area contributed by atoms with Crippen LogP contribution in [-0.2, 0) is 11.2 Å².